The molecule has 2 rings (SSSR count). The average molecular weight is 342 g/mol. The molecule has 1 aliphatic rings. The Hall–Kier alpha value is -1.64. The maximum atomic E-state index is 12.5. The fourth-order valence-corrected chi connectivity index (χ4v) is 3.96. The molecule has 8 heteroatoms. The van der Waals surface area contributed by atoms with E-state index in [1.807, 2.05) is 6.92 Å². The second-order valence-electron chi connectivity index (χ2n) is 5.55. The first-order valence-electron chi connectivity index (χ1n) is 7.39. The normalized spacial score (nSPS) is 21.7. The standard InChI is InChI=1S/C15H22N2O5S/c1-10-8-11(6-7-16-10)17-23(19,20)12-4-5-14(21-2)13(9-12)15(18)22-3/h4-5,9-11,16-17H,6-8H2,1-3H3. The van der Waals surface area contributed by atoms with Crippen molar-refractivity contribution in [2.75, 3.05) is 20.8 Å². The van der Waals surface area contributed by atoms with Gasteiger partial charge in [-0.3, -0.25) is 0 Å². The number of hydrogen-bond acceptors (Lipinski definition) is 6. The van der Waals surface area contributed by atoms with E-state index in [0.29, 0.717) is 0 Å². The number of hydrogen-bond donors (Lipinski definition) is 2. The van der Waals surface area contributed by atoms with Crippen LogP contribution in [0, 0.1) is 0 Å². The summed E-state index contributed by atoms with van der Waals surface area (Å²) in [7, 11) is -1.07. The van der Waals surface area contributed by atoms with Crippen molar-refractivity contribution in [3.05, 3.63) is 23.8 Å². The Morgan fingerprint density at radius 1 is 1.35 bits per heavy atom. The molecular formula is C15H22N2O5S. The van der Waals surface area contributed by atoms with Gasteiger partial charge < -0.3 is 14.8 Å². The van der Waals surface area contributed by atoms with Gasteiger partial charge in [-0.1, -0.05) is 0 Å². The Labute approximate surface area is 136 Å². The molecule has 128 valence electrons. The van der Waals surface area contributed by atoms with E-state index in [9.17, 15) is 13.2 Å². The number of piperidine rings is 1. The van der Waals surface area contributed by atoms with Gasteiger partial charge in [-0.05, 0) is 44.5 Å². The van der Waals surface area contributed by atoms with Gasteiger partial charge in [0.25, 0.3) is 0 Å². The van der Waals surface area contributed by atoms with Crippen LogP contribution < -0.4 is 14.8 Å². The molecule has 0 amide bonds. The number of sulfonamides is 1. The fourth-order valence-electron chi connectivity index (χ4n) is 2.65. The lowest BCUT2D eigenvalue weighted by Crippen LogP contribution is -2.46. The SMILES string of the molecule is COC(=O)c1cc(S(=O)(=O)NC2CCNC(C)C2)ccc1OC. The second kappa shape index (κ2) is 7.29. The van der Waals surface area contributed by atoms with Crippen molar-refractivity contribution in [3.8, 4) is 5.75 Å². The van der Waals surface area contributed by atoms with Crippen LogP contribution in [0.1, 0.15) is 30.1 Å². The van der Waals surface area contributed by atoms with Crippen LogP contribution in [0.4, 0.5) is 0 Å². The van der Waals surface area contributed by atoms with Crippen LogP contribution in [0.25, 0.3) is 0 Å². The van der Waals surface area contributed by atoms with E-state index < -0.39 is 16.0 Å². The van der Waals surface area contributed by atoms with E-state index in [0.717, 1.165) is 19.4 Å². The summed E-state index contributed by atoms with van der Waals surface area (Å²) in [4.78, 5) is 11.8. The van der Waals surface area contributed by atoms with Gasteiger partial charge in [0.2, 0.25) is 10.0 Å². The van der Waals surface area contributed by atoms with Gasteiger partial charge in [-0.25, -0.2) is 17.9 Å². The van der Waals surface area contributed by atoms with Gasteiger partial charge in [0, 0.05) is 12.1 Å². The molecule has 1 aromatic rings. The Morgan fingerprint density at radius 2 is 2.09 bits per heavy atom. The van der Waals surface area contributed by atoms with Crippen LogP contribution >= 0.6 is 0 Å². The maximum absolute atomic E-state index is 12.5. The molecule has 1 aromatic carbocycles. The van der Waals surface area contributed by atoms with Crippen molar-refractivity contribution in [1.29, 1.82) is 0 Å². The molecule has 2 N–H and O–H groups in total. The molecule has 2 unspecified atom stereocenters. The fraction of sp³-hybridized carbons (Fsp3) is 0.533. The molecule has 1 saturated heterocycles. The third-order valence-corrected chi connectivity index (χ3v) is 5.35. The molecule has 0 bridgehead atoms. The van der Waals surface area contributed by atoms with Crippen molar-refractivity contribution in [2.24, 2.45) is 0 Å². The Morgan fingerprint density at radius 3 is 2.70 bits per heavy atom. The van der Waals surface area contributed by atoms with Crippen LogP contribution in [-0.4, -0.2) is 47.2 Å². The summed E-state index contributed by atoms with van der Waals surface area (Å²) in [6.45, 7) is 2.79. The van der Waals surface area contributed by atoms with E-state index in [1.165, 1.54) is 32.4 Å². The van der Waals surface area contributed by atoms with E-state index in [1.54, 1.807) is 0 Å². The molecule has 23 heavy (non-hydrogen) atoms. The summed E-state index contributed by atoms with van der Waals surface area (Å²) >= 11 is 0. The summed E-state index contributed by atoms with van der Waals surface area (Å²) in [6.07, 6.45) is 1.45. The largest absolute Gasteiger partial charge is 0.496 e. The smallest absolute Gasteiger partial charge is 0.341 e. The van der Waals surface area contributed by atoms with Gasteiger partial charge in [-0.2, -0.15) is 0 Å². The summed E-state index contributed by atoms with van der Waals surface area (Å²) in [5.74, 6) is -0.374. The van der Waals surface area contributed by atoms with Crippen LogP contribution in [0.3, 0.4) is 0 Å². The predicted octanol–water partition coefficient (Wildman–Crippen LogP) is 0.901. The minimum Gasteiger partial charge on any atom is -0.496 e. The molecule has 0 spiro atoms. The van der Waals surface area contributed by atoms with E-state index in [-0.39, 0.29) is 28.3 Å². The van der Waals surface area contributed by atoms with Crippen molar-refractivity contribution < 1.29 is 22.7 Å². The zero-order chi connectivity index (χ0) is 17.0. The minimum absolute atomic E-state index is 0.0184. The highest BCUT2D eigenvalue weighted by atomic mass is 32.2. The average Bonchev–Trinajstić information content (AvgIpc) is 2.53. The Bertz CT molecular complexity index is 674. The van der Waals surface area contributed by atoms with Crippen LogP contribution in [0.5, 0.6) is 5.75 Å². The van der Waals surface area contributed by atoms with Gasteiger partial charge in [-0.15, -0.1) is 0 Å². The maximum Gasteiger partial charge on any atom is 0.341 e. The molecule has 0 aromatic heterocycles. The monoisotopic (exact) mass is 342 g/mol. The summed E-state index contributed by atoms with van der Waals surface area (Å²) in [5.41, 5.74) is 0.0801. The van der Waals surface area contributed by atoms with Gasteiger partial charge >= 0.3 is 5.97 Å². The quantitative estimate of drug-likeness (QED) is 0.772. The highest BCUT2D eigenvalue weighted by Gasteiger charge is 2.26. The predicted molar refractivity (Wildman–Crippen MR) is 85.1 cm³/mol. The molecule has 0 saturated carbocycles. The number of nitrogens with one attached hydrogen (secondary N) is 2. The highest BCUT2D eigenvalue weighted by molar-refractivity contribution is 7.89. The van der Waals surface area contributed by atoms with Crippen molar-refractivity contribution in [3.63, 3.8) is 0 Å². The Balaban J connectivity index is 2.27. The van der Waals surface area contributed by atoms with Crippen molar-refractivity contribution in [2.45, 2.75) is 36.7 Å². The molecule has 1 heterocycles. The molecular weight excluding hydrogens is 320 g/mol. The van der Waals surface area contributed by atoms with Crippen molar-refractivity contribution in [1.82, 2.24) is 10.0 Å². The molecule has 2 atom stereocenters. The molecule has 0 aliphatic carbocycles. The molecule has 7 nitrogen and oxygen atoms in total. The number of rotatable bonds is 5. The van der Waals surface area contributed by atoms with E-state index in [4.69, 9.17) is 4.74 Å². The third kappa shape index (κ3) is 4.21. The first kappa shape index (κ1) is 17.7. The number of esters is 1. The van der Waals surface area contributed by atoms with E-state index in [2.05, 4.69) is 14.8 Å². The second-order valence-corrected chi connectivity index (χ2v) is 7.27. The molecule has 1 aliphatic heterocycles. The summed E-state index contributed by atoms with van der Waals surface area (Å²) < 4.78 is 37.5. The number of methoxy groups -OCH3 is 2. The van der Waals surface area contributed by atoms with Crippen molar-refractivity contribution >= 4 is 16.0 Å². The lowest BCUT2D eigenvalue weighted by molar-refractivity contribution is 0.0597. The minimum atomic E-state index is -3.71. The summed E-state index contributed by atoms with van der Waals surface area (Å²) in [6, 6.07) is 4.28. The number of benzene rings is 1. The van der Waals surface area contributed by atoms with Gasteiger partial charge in [0.15, 0.2) is 0 Å². The number of carbonyl (C=O) groups is 1. The first-order valence-corrected chi connectivity index (χ1v) is 8.87. The van der Waals surface area contributed by atoms with Crippen LogP contribution in [0.15, 0.2) is 23.1 Å². The number of carbonyl (C=O) groups excluding carboxylic acids is 1. The van der Waals surface area contributed by atoms with Gasteiger partial charge in [0.05, 0.1) is 19.1 Å². The molecule has 1 fully saturated rings. The lowest BCUT2D eigenvalue weighted by Gasteiger charge is -2.28. The number of ether oxygens (including phenoxy) is 2. The third-order valence-electron chi connectivity index (χ3n) is 3.83. The van der Waals surface area contributed by atoms with Crippen LogP contribution in [-0.2, 0) is 14.8 Å². The zero-order valence-corrected chi connectivity index (χ0v) is 14.3. The zero-order valence-electron chi connectivity index (χ0n) is 13.5. The Kier molecular flexibility index (Phi) is 5.61. The summed E-state index contributed by atoms with van der Waals surface area (Å²) in [5, 5.41) is 3.27. The van der Waals surface area contributed by atoms with E-state index >= 15 is 0 Å². The van der Waals surface area contributed by atoms with Gasteiger partial charge in [0.1, 0.15) is 11.3 Å². The topological polar surface area (TPSA) is 93.7 Å². The highest BCUT2D eigenvalue weighted by Crippen LogP contribution is 2.24. The first-order chi connectivity index (χ1) is 10.9. The lowest BCUT2D eigenvalue weighted by atomic mass is 10.0. The molecule has 0 radical (unpaired) electrons. The van der Waals surface area contributed by atoms with Crippen LogP contribution in [0.2, 0.25) is 0 Å².